The number of hydrogen-bond acceptors (Lipinski definition) is 7. The number of fused-ring (bicyclic) bond motifs is 1. The second-order valence-corrected chi connectivity index (χ2v) is 6.69. The van der Waals surface area contributed by atoms with E-state index in [4.69, 9.17) is 14.2 Å². The molecule has 2 aromatic carbocycles. The quantitative estimate of drug-likeness (QED) is 0.630. The summed E-state index contributed by atoms with van der Waals surface area (Å²) in [6, 6.07) is 15.7. The first-order valence-electron chi connectivity index (χ1n) is 9.59. The fourth-order valence-corrected chi connectivity index (χ4v) is 3.20. The lowest BCUT2D eigenvalue weighted by atomic mass is 10.1. The molecule has 29 heavy (non-hydrogen) atoms. The van der Waals surface area contributed by atoms with Crippen molar-refractivity contribution in [2.75, 3.05) is 37.5 Å². The molecule has 0 saturated carbocycles. The largest absolute Gasteiger partial charge is 0.496 e. The molecule has 0 unspecified atom stereocenters. The number of para-hydroxylation sites is 1. The highest BCUT2D eigenvalue weighted by Crippen LogP contribution is 2.33. The van der Waals surface area contributed by atoms with Crippen molar-refractivity contribution in [1.82, 2.24) is 9.97 Å². The molecule has 4 rings (SSSR count). The van der Waals surface area contributed by atoms with Gasteiger partial charge in [-0.05, 0) is 37.1 Å². The van der Waals surface area contributed by atoms with Crippen LogP contribution < -0.4 is 24.8 Å². The predicted molar refractivity (Wildman–Crippen MR) is 113 cm³/mol. The number of hydrogen-bond donors (Lipinski definition) is 2. The van der Waals surface area contributed by atoms with Crippen LogP contribution >= 0.6 is 0 Å². The van der Waals surface area contributed by atoms with E-state index in [0.29, 0.717) is 31.5 Å². The van der Waals surface area contributed by atoms with Crippen molar-refractivity contribution in [1.29, 1.82) is 0 Å². The summed E-state index contributed by atoms with van der Waals surface area (Å²) in [5.74, 6) is 3.69. The zero-order chi connectivity index (χ0) is 20.1. The molecule has 3 aromatic rings. The summed E-state index contributed by atoms with van der Waals surface area (Å²) in [4.78, 5) is 9.06. The fourth-order valence-electron chi connectivity index (χ4n) is 3.20. The number of nitrogens with zero attached hydrogens (tertiary/aromatic N) is 2. The minimum Gasteiger partial charge on any atom is -0.496 e. The molecule has 1 aromatic heterocycles. The summed E-state index contributed by atoms with van der Waals surface area (Å²) in [5.41, 5.74) is 2.90. The number of rotatable bonds is 7. The Balaban J connectivity index is 1.42. The van der Waals surface area contributed by atoms with E-state index < -0.39 is 0 Å². The number of aryl methyl sites for hydroxylation is 1. The molecule has 2 N–H and O–H groups in total. The lowest BCUT2D eigenvalue weighted by Gasteiger charge is -2.19. The molecule has 0 saturated heterocycles. The molecule has 0 radical (unpaired) electrons. The molecule has 1 aliphatic rings. The lowest BCUT2D eigenvalue weighted by Crippen LogP contribution is -2.15. The van der Waals surface area contributed by atoms with Crippen molar-refractivity contribution in [3.63, 3.8) is 0 Å². The van der Waals surface area contributed by atoms with Gasteiger partial charge < -0.3 is 24.8 Å². The van der Waals surface area contributed by atoms with E-state index in [9.17, 15) is 0 Å². The standard InChI is InChI=1S/C22H24N4O3/c1-15-13-21(25-17-7-8-19-20(14-17)29-12-11-28-19)26-22(24-15)23-10-9-16-5-3-4-6-18(16)27-2/h3-8,13-14H,9-12H2,1-2H3,(H2,23,24,25,26). The summed E-state index contributed by atoms with van der Waals surface area (Å²) >= 11 is 0. The van der Waals surface area contributed by atoms with Crippen LogP contribution in [0.2, 0.25) is 0 Å². The van der Waals surface area contributed by atoms with E-state index in [1.165, 1.54) is 0 Å². The summed E-state index contributed by atoms with van der Waals surface area (Å²) in [7, 11) is 1.69. The van der Waals surface area contributed by atoms with E-state index in [-0.39, 0.29) is 0 Å². The molecule has 0 spiro atoms. The lowest BCUT2D eigenvalue weighted by molar-refractivity contribution is 0.171. The number of methoxy groups -OCH3 is 1. The average molecular weight is 392 g/mol. The first kappa shape index (κ1) is 18.9. The second-order valence-electron chi connectivity index (χ2n) is 6.69. The zero-order valence-corrected chi connectivity index (χ0v) is 16.6. The smallest absolute Gasteiger partial charge is 0.224 e. The van der Waals surface area contributed by atoms with Crippen molar-refractivity contribution >= 4 is 17.5 Å². The molecule has 0 fully saturated rings. The maximum absolute atomic E-state index is 5.64. The first-order valence-corrected chi connectivity index (χ1v) is 9.59. The maximum Gasteiger partial charge on any atom is 0.224 e. The summed E-state index contributed by atoms with van der Waals surface area (Å²) in [6.45, 7) is 3.79. The van der Waals surface area contributed by atoms with Crippen molar-refractivity contribution in [2.45, 2.75) is 13.3 Å². The van der Waals surface area contributed by atoms with Crippen LogP contribution in [0.3, 0.4) is 0 Å². The van der Waals surface area contributed by atoms with E-state index >= 15 is 0 Å². The number of anilines is 3. The van der Waals surface area contributed by atoms with Gasteiger partial charge in [0.1, 0.15) is 24.8 Å². The van der Waals surface area contributed by atoms with Crippen molar-refractivity contribution < 1.29 is 14.2 Å². The number of benzene rings is 2. The highest BCUT2D eigenvalue weighted by atomic mass is 16.6. The minimum absolute atomic E-state index is 0.559. The predicted octanol–water partition coefficient (Wildman–Crippen LogP) is 3.96. The molecule has 7 nitrogen and oxygen atoms in total. The average Bonchev–Trinajstić information content (AvgIpc) is 2.73. The second kappa shape index (κ2) is 8.68. The number of nitrogens with one attached hydrogen (secondary N) is 2. The van der Waals surface area contributed by atoms with Crippen LogP contribution in [0.1, 0.15) is 11.3 Å². The third kappa shape index (κ3) is 4.68. The Bertz CT molecular complexity index is 994. The van der Waals surface area contributed by atoms with E-state index in [1.54, 1.807) is 7.11 Å². The van der Waals surface area contributed by atoms with E-state index in [0.717, 1.165) is 40.6 Å². The molecule has 0 amide bonds. The molecule has 0 aliphatic carbocycles. The van der Waals surface area contributed by atoms with Crippen LogP contribution in [0, 0.1) is 6.92 Å². The van der Waals surface area contributed by atoms with E-state index in [1.807, 2.05) is 49.4 Å². The number of aromatic nitrogens is 2. The van der Waals surface area contributed by atoms with Gasteiger partial charge in [-0.3, -0.25) is 0 Å². The van der Waals surface area contributed by atoms with Crippen LogP contribution in [-0.2, 0) is 6.42 Å². The van der Waals surface area contributed by atoms with Gasteiger partial charge in [-0.15, -0.1) is 0 Å². The number of ether oxygens (including phenoxy) is 3. The highest BCUT2D eigenvalue weighted by molar-refractivity contribution is 5.62. The van der Waals surface area contributed by atoms with Gasteiger partial charge >= 0.3 is 0 Å². The van der Waals surface area contributed by atoms with Crippen LogP contribution in [0.15, 0.2) is 48.5 Å². The molecule has 1 aliphatic heterocycles. The molecule has 0 atom stereocenters. The Labute approximate surface area is 170 Å². The molecule has 7 heteroatoms. The molecule has 2 heterocycles. The van der Waals surface area contributed by atoms with Gasteiger partial charge in [0.2, 0.25) is 5.95 Å². The monoisotopic (exact) mass is 392 g/mol. The third-order valence-corrected chi connectivity index (χ3v) is 4.54. The minimum atomic E-state index is 0.559. The zero-order valence-electron chi connectivity index (χ0n) is 16.6. The van der Waals surface area contributed by atoms with Crippen LogP contribution in [-0.4, -0.2) is 36.8 Å². The summed E-state index contributed by atoms with van der Waals surface area (Å²) < 4.78 is 16.6. The Morgan fingerprint density at radius 3 is 2.69 bits per heavy atom. The van der Waals surface area contributed by atoms with Crippen molar-refractivity contribution in [3.05, 3.63) is 59.8 Å². The van der Waals surface area contributed by atoms with Crippen LogP contribution in [0.25, 0.3) is 0 Å². The van der Waals surface area contributed by atoms with Crippen molar-refractivity contribution in [2.24, 2.45) is 0 Å². The first-order chi connectivity index (χ1) is 14.2. The maximum atomic E-state index is 5.64. The Hall–Kier alpha value is -3.48. The third-order valence-electron chi connectivity index (χ3n) is 4.54. The normalized spacial score (nSPS) is 12.3. The van der Waals surface area contributed by atoms with E-state index in [2.05, 4.69) is 26.7 Å². The Morgan fingerprint density at radius 1 is 1.00 bits per heavy atom. The summed E-state index contributed by atoms with van der Waals surface area (Å²) in [6.07, 6.45) is 0.812. The SMILES string of the molecule is COc1ccccc1CCNc1nc(C)cc(Nc2ccc3c(c2)OCCO3)n1. The van der Waals surface area contributed by atoms with Gasteiger partial charge in [-0.1, -0.05) is 18.2 Å². The fraction of sp³-hybridized carbons (Fsp3) is 0.273. The Morgan fingerprint density at radius 2 is 1.83 bits per heavy atom. The van der Waals surface area contributed by atoms with Gasteiger partial charge in [0.05, 0.1) is 7.11 Å². The summed E-state index contributed by atoms with van der Waals surface area (Å²) in [5, 5.41) is 6.61. The Kier molecular flexibility index (Phi) is 5.65. The van der Waals surface area contributed by atoms with Gasteiger partial charge in [-0.25, -0.2) is 4.98 Å². The topological polar surface area (TPSA) is 77.5 Å². The molecular formula is C22H24N4O3. The van der Waals surface area contributed by atoms with Crippen molar-refractivity contribution in [3.8, 4) is 17.2 Å². The molecule has 150 valence electrons. The van der Waals surface area contributed by atoms with Gasteiger partial charge in [0, 0.05) is 30.1 Å². The molecule has 0 bridgehead atoms. The molecular weight excluding hydrogens is 368 g/mol. The van der Waals surface area contributed by atoms with Crippen LogP contribution in [0.5, 0.6) is 17.2 Å². The van der Waals surface area contributed by atoms with Gasteiger partial charge in [0.25, 0.3) is 0 Å². The van der Waals surface area contributed by atoms with Crippen LogP contribution in [0.4, 0.5) is 17.5 Å². The van der Waals surface area contributed by atoms with Gasteiger partial charge in [-0.2, -0.15) is 4.98 Å². The highest BCUT2D eigenvalue weighted by Gasteiger charge is 2.12. The van der Waals surface area contributed by atoms with Gasteiger partial charge in [0.15, 0.2) is 11.5 Å².